The highest BCUT2D eigenvalue weighted by Gasteiger charge is 2.26. The van der Waals surface area contributed by atoms with Gasteiger partial charge < -0.3 is 24.4 Å². The molecule has 0 bridgehead atoms. The van der Waals surface area contributed by atoms with Crippen LogP contribution in [0.3, 0.4) is 0 Å². The molecule has 3 rings (SSSR count). The van der Waals surface area contributed by atoms with Crippen LogP contribution < -0.4 is 19.7 Å². The van der Waals surface area contributed by atoms with Gasteiger partial charge in [-0.25, -0.2) is 4.98 Å². The predicted octanol–water partition coefficient (Wildman–Crippen LogP) is 3.26. The lowest BCUT2D eigenvalue weighted by Gasteiger charge is -2.36. The molecule has 0 aliphatic carbocycles. The smallest absolute Gasteiger partial charge is 0.286 e. The maximum absolute atomic E-state index is 12.8. The number of rotatable bonds is 7. The molecule has 1 aromatic carbocycles. The maximum Gasteiger partial charge on any atom is 0.286 e. The largest absolute Gasteiger partial charge is 0.493 e. The minimum absolute atomic E-state index is 0.0973. The lowest BCUT2D eigenvalue weighted by Crippen LogP contribution is -2.45. The highest BCUT2D eigenvalue weighted by molar-refractivity contribution is 6.07. The second kappa shape index (κ2) is 9.61. The molecule has 1 amide bonds. The molecule has 2 heterocycles. The summed E-state index contributed by atoms with van der Waals surface area (Å²) in [5, 5.41) is 14.2. The van der Waals surface area contributed by atoms with Crippen molar-refractivity contribution in [2.24, 2.45) is 0 Å². The number of anilines is 2. The molecule has 0 saturated carbocycles. The van der Waals surface area contributed by atoms with E-state index in [4.69, 9.17) is 14.2 Å². The molecule has 1 saturated heterocycles. The molecule has 1 N–H and O–H groups in total. The minimum atomic E-state index is -0.642. The number of carbonyl (C=O) groups excluding carboxylic acids is 1. The molecule has 2 aromatic rings. The van der Waals surface area contributed by atoms with Gasteiger partial charge in [0.1, 0.15) is 11.4 Å². The Balaban J connectivity index is 1.80. The average Bonchev–Trinajstić information content (AvgIpc) is 2.73. The van der Waals surface area contributed by atoms with Gasteiger partial charge in [-0.2, -0.15) is 0 Å². The summed E-state index contributed by atoms with van der Waals surface area (Å²) in [6, 6.07) is 6.01. The van der Waals surface area contributed by atoms with Crippen LogP contribution in [0.15, 0.2) is 30.5 Å². The van der Waals surface area contributed by atoms with Gasteiger partial charge in [0.25, 0.3) is 11.6 Å². The maximum atomic E-state index is 12.8. The molecular weight excluding hydrogens is 404 g/mol. The normalized spacial score (nSPS) is 18.4. The highest BCUT2D eigenvalue weighted by atomic mass is 16.6. The minimum Gasteiger partial charge on any atom is -0.493 e. The fraction of sp³-hybridized carbons (Fsp3) is 0.429. The van der Waals surface area contributed by atoms with Crippen molar-refractivity contribution in [2.45, 2.75) is 33.0 Å². The Hall–Kier alpha value is -3.40. The number of ether oxygens (including phenoxy) is 3. The summed E-state index contributed by atoms with van der Waals surface area (Å²) in [6.45, 7) is 7.52. The predicted molar refractivity (Wildman–Crippen MR) is 115 cm³/mol. The van der Waals surface area contributed by atoms with Gasteiger partial charge in [-0.15, -0.1) is 0 Å². The van der Waals surface area contributed by atoms with E-state index in [1.54, 1.807) is 19.1 Å². The molecule has 2 atom stereocenters. The molecule has 2 unspecified atom stereocenters. The van der Waals surface area contributed by atoms with Gasteiger partial charge in [0.2, 0.25) is 0 Å². The summed E-state index contributed by atoms with van der Waals surface area (Å²) in [5.74, 6) is 0.569. The van der Waals surface area contributed by atoms with Crippen molar-refractivity contribution in [2.75, 3.05) is 37.0 Å². The molecule has 1 aromatic heterocycles. The quantitative estimate of drug-likeness (QED) is 0.526. The molecular formula is C21H26N4O6. The summed E-state index contributed by atoms with van der Waals surface area (Å²) in [4.78, 5) is 30.2. The molecule has 1 fully saturated rings. The molecule has 166 valence electrons. The number of nitrogens with one attached hydrogen (secondary N) is 1. The number of benzene rings is 1. The van der Waals surface area contributed by atoms with Crippen LogP contribution in [0.4, 0.5) is 17.2 Å². The van der Waals surface area contributed by atoms with E-state index in [-0.39, 0.29) is 35.0 Å². The number of carbonyl (C=O) groups is 1. The van der Waals surface area contributed by atoms with Gasteiger partial charge in [-0.05, 0) is 32.9 Å². The lowest BCUT2D eigenvalue weighted by atomic mass is 10.1. The van der Waals surface area contributed by atoms with Gasteiger partial charge in [-0.3, -0.25) is 14.9 Å². The Labute approximate surface area is 180 Å². The Kier molecular flexibility index (Phi) is 6.91. The second-order valence-electron chi connectivity index (χ2n) is 7.23. The van der Waals surface area contributed by atoms with Gasteiger partial charge in [-0.1, -0.05) is 0 Å². The zero-order valence-electron chi connectivity index (χ0n) is 18.0. The third-order valence-corrected chi connectivity index (χ3v) is 4.77. The van der Waals surface area contributed by atoms with E-state index >= 15 is 0 Å². The number of nitro benzene ring substituents is 1. The van der Waals surface area contributed by atoms with Crippen molar-refractivity contribution in [1.29, 1.82) is 0 Å². The lowest BCUT2D eigenvalue weighted by molar-refractivity contribution is -0.385. The fourth-order valence-corrected chi connectivity index (χ4v) is 3.52. The Bertz CT molecular complexity index is 940. The van der Waals surface area contributed by atoms with E-state index in [9.17, 15) is 14.9 Å². The third-order valence-electron chi connectivity index (χ3n) is 4.77. The summed E-state index contributed by atoms with van der Waals surface area (Å²) >= 11 is 0. The number of nitro groups is 1. The molecule has 0 spiro atoms. The standard InChI is InChI=1S/C21H26N4O6/c1-5-30-19-9-17(25(27)28)16(8-18(19)29-4)21(26)23-15-6-7-20(22-10-15)24-11-13(2)31-14(3)12-24/h6-10,13-14H,5,11-12H2,1-4H3,(H,23,26). The first-order valence-corrected chi connectivity index (χ1v) is 9.99. The van der Waals surface area contributed by atoms with Crippen LogP contribution in [0.25, 0.3) is 0 Å². The number of hydrogen-bond acceptors (Lipinski definition) is 8. The first-order chi connectivity index (χ1) is 14.8. The van der Waals surface area contributed by atoms with Gasteiger partial charge in [0.15, 0.2) is 11.5 Å². The molecule has 1 aliphatic heterocycles. The topological polar surface area (TPSA) is 116 Å². The van der Waals surface area contributed by atoms with Crippen LogP contribution in [0.1, 0.15) is 31.1 Å². The number of methoxy groups -OCH3 is 1. The van der Waals surface area contributed by atoms with Crippen molar-refractivity contribution in [3.63, 3.8) is 0 Å². The van der Waals surface area contributed by atoms with Crippen LogP contribution in [-0.2, 0) is 4.74 Å². The number of aromatic nitrogens is 1. The molecule has 0 radical (unpaired) electrons. The number of hydrogen-bond donors (Lipinski definition) is 1. The van der Waals surface area contributed by atoms with E-state index in [0.29, 0.717) is 12.3 Å². The number of pyridine rings is 1. The van der Waals surface area contributed by atoms with Gasteiger partial charge >= 0.3 is 0 Å². The van der Waals surface area contributed by atoms with Crippen LogP contribution >= 0.6 is 0 Å². The molecule has 10 nitrogen and oxygen atoms in total. The van der Waals surface area contributed by atoms with E-state index in [0.717, 1.165) is 18.9 Å². The first-order valence-electron chi connectivity index (χ1n) is 9.99. The average molecular weight is 430 g/mol. The zero-order valence-corrected chi connectivity index (χ0v) is 18.0. The Morgan fingerprint density at radius 2 is 2.00 bits per heavy atom. The number of amides is 1. The first kappa shape index (κ1) is 22.3. The van der Waals surface area contributed by atoms with Crippen LogP contribution in [-0.4, -0.2) is 54.8 Å². The monoisotopic (exact) mass is 430 g/mol. The van der Waals surface area contributed by atoms with Crippen molar-refractivity contribution < 1.29 is 23.9 Å². The molecule has 1 aliphatic rings. The SMILES string of the molecule is CCOc1cc([N+](=O)[O-])c(C(=O)Nc2ccc(N3CC(C)OC(C)C3)nc2)cc1OC. The summed E-state index contributed by atoms with van der Waals surface area (Å²) < 4.78 is 16.3. The summed E-state index contributed by atoms with van der Waals surface area (Å²) in [7, 11) is 1.40. The summed E-state index contributed by atoms with van der Waals surface area (Å²) in [5.41, 5.74) is -0.0851. The summed E-state index contributed by atoms with van der Waals surface area (Å²) in [6.07, 6.45) is 1.72. The van der Waals surface area contributed by atoms with Crippen molar-refractivity contribution in [3.05, 3.63) is 46.1 Å². The highest BCUT2D eigenvalue weighted by Crippen LogP contribution is 2.35. The van der Waals surface area contributed by atoms with Crippen LogP contribution in [0, 0.1) is 10.1 Å². The molecule has 10 heteroatoms. The van der Waals surface area contributed by atoms with Crippen molar-refractivity contribution in [1.82, 2.24) is 4.98 Å². The van der Waals surface area contributed by atoms with Crippen LogP contribution in [0.2, 0.25) is 0 Å². The molecule has 31 heavy (non-hydrogen) atoms. The van der Waals surface area contributed by atoms with E-state index in [1.807, 2.05) is 13.8 Å². The zero-order chi connectivity index (χ0) is 22.5. The Morgan fingerprint density at radius 3 is 2.55 bits per heavy atom. The van der Waals surface area contributed by atoms with E-state index in [1.165, 1.54) is 25.4 Å². The van der Waals surface area contributed by atoms with Crippen LogP contribution in [0.5, 0.6) is 11.5 Å². The Morgan fingerprint density at radius 1 is 1.29 bits per heavy atom. The van der Waals surface area contributed by atoms with E-state index in [2.05, 4.69) is 15.2 Å². The van der Waals surface area contributed by atoms with Gasteiger partial charge in [0, 0.05) is 19.2 Å². The van der Waals surface area contributed by atoms with E-state index < -0.39 is 10.8 Å². The number of nitrogens with zero attached hydrogens (tertiary/aromatic N) is 3. The number of morpholine rings is 1. The van der Waals surface area contributed by atoms with Crippen molar-refractivity contribution >= 4 is 23.1 Å². The van der Waals surface area contributed by atoms with Gasteiger partial charge in [0.05, 0.1) is 48.8 Å². The van der Waals surface area contributed by atoms with Crippen molar-refractivity contribution in [3.8, 4) is 11.5 Å². The third kappa shape index (κ3) is 5.21. The fourth-order valence-electron chi connectivity index (χ4n) is 3.52. The second-order valence-corrected chi connectivity index (χ2v) is 7.23.